The summed E-state index contributed by atoms with van der Waals surface area (Å²) in [5.74, 6) is 0.555. The van der Waals surface area contributed by atoms with Crippen LogP contribution in [0, 0.1) is 6.92 Å². The summed E-state index contributed by atoms with van der Waals surface area (Å²) >= 11 is 0. The number of fused-ring (bicyclic) bond motifs is 1. The van der Waals surface area contributed by atoms with Crippen LogP contribution in [0.4, 0.5) is 0 Å². The molecule has 1 fully saturated rings. The van der Waals surface area contributed by atoms with Gasteiger partial charge in [0.15, 0.2) is 0 Å². The maximum Gasteiger partial charge on any atom is 0.255 e. The average molecular weight is 403 g/mol. The summed E-state index contributed by atoms with van der Waals surface area (Å²) in [5.41, 5.74) is 3.70. The summed E-state index contributed by atoms with van der Waals surface area (Å²) in [7, 11) is 1.77. The third-order valence-corrected chi connectivity index (χ3v) is 5.73. The fourth-order valence-electron chi connectivity index (χ4n) is 3.83. The van der Waals surface area contributed by atoms with Crippen molar-refractivity contribution in [1.29, 1.82) is 0 Å². The van der Waals surface area contributed by atoms with Crippen molar-refractivity contribution in [3.63, 3.8) is 0 Å². The minimum atomic E-state index is -0.500. The highest BCUT2D eigenvalue weighted by Crippen LogP contribution is 2.28. The van der Waals surface area contributed by atoms with Crippen molar-refractivity contribution in [3.05, 3.63) is 53.6 Å². The summed E-state index contributed by atoms with van der Waals surface area (Å²) in [6.07, 6.45) is 4.24. The van der Waals surface area contributed by atoms with E-state index in [1.807, 2.05) is 32.0 Å². The van der Waals surface area contributed by atoms with Crippen LogP contribution in [0.25, 0.3) is 22.2 Å². The van der Waals surface area contributed by atoms with Gasteiger partial charge in [-0.15, -0.1) is 0 Å². The predicted molar refractivity (Wildman–Crippen MR) is 115 cm³/mol. The number of aromatic nitrogens is 3. The molecular weight excluding hydrogens is 378 g/mol. The molecule has 2 amide bonds. The van der Waals surface area contributed by atoms with E-state index < -0.39 is 6.04 Å². The zero-order valence-electron chi connectivity index (χ0n) is 17.7. The zero-order valence-corrected chi connectivity index (χ0v) is 17.7. The standard InChI is InChI=1S/C23H25N5O2/c1-5-20-24-12-16(13-25-20)19-11-18(17-8-6-7-14(2)21(17)26-19)23(30)28-10-9-27(4)22(29)15(28)3/h6-8,11-13,15H,5,9-10H2,1-4H3/t15-/m0/s1. The Bertz CT molecular complexity index is 1130. The number of amides is 2. The Balaban J connectivity index is 1.84. The summed E-state index contributed by atoms with van der Waals surface area (Å²) < 4.78 is 0. The van der Waals surface area contributed by atoms with E-state index in [-0.39, 0.29) is 11.8 Å². The van der Waals surface area contributed by atoms with Gasteiger partial charge < -0.3 is 9.80 Å². The number of nitrogens with zero attached hydrogens (tertiary/aromatic N) is 5. The van der Waals surface area contributed by atoms with Crippen molar-refractivity contribution in [1.82, 2.24) is 24.8 Å². The number of piperazine rings is 1. The molecule has 3 aromatic rings. The molecule has 0 N–H and O–H groups in total. The molecule has 4 rings (SSSR count). The van der Waals surface area contributed by atoms with Crippen LogP contribution in [0.1, 0.15) is 35.6 Å². The maximum atomic E-state index is 13.6. The third-order valence-electron chi connectivity index (χ3n) is 5.73. The normalized spacial score (nSPS) is 16.9. The third kappa shape index (κ3) is 3.40. The fourth-order valence-corrected chi connectivity index (χ4v) is 3.83. The van der Waals surface area contributed by atoms with Crippen molar-refractivity contribution in [3.8, 4) is 11.3 Å². The van der Waals surface area contributed by atoms with Crippen LogP contribution in [-0.2, 0) is 11.2 Å². The van der Waals surface area contributed by atoms with Gasteiger partial charge in [-0.05, 0) is 25.5 Å². The van der Waals surface area contributed by atoms with Crippen molar-refractivity contribution in [2.75, 3.05) is 20.1 Å². The van der Waals surface area contributed by atoms with E-state index in [9.17, 15) is 9.59 Å². The Morgan fingerprint density at radius 2 is 1.93 bits per heavy atom. The lowest BCUT2D eigenvalue weighted by Crippen LogP contribution is -2.56. The van der Waals surface area contributed by atoms with E-state index in [0.29, 0.717) is 24.3 Å². The zero-order chi connectivity index (χ0) is 21.4. The molecule has 1 saturated heterocycles. The molecule has 0 radical (unpaired) electrons. The Morgan fingerprint density at radius 1 is 1.20 bits per heavy atom. The molecule has 0 unspecified atom stereocenters. The minimum Gasteiger partial charge on any atom is -0.342 e. The van der Waals surface area contributed by atoms with E-state index >= 15 is 0 Å². The number of pyridine rings is 1. The molecule has 1 aromatic carbocycles. The van der Waals surface area contributed by atoms with Gasteiger partial charge in [-0.3, -0.25) is 9.59 Å². The maximum absolute atomic E-state index is 13.6. The van der Waals surface area contributed by atoms with E-state index in [2.05, 4.69) is 9.97 Å². The number of hydrogen-bond donors (Lipinski definition) is 0. The molecule has 1 aliphatic rings. The van der Waals surface area contributed by atoms with E-state index in [4.69, 9.17) is 4.98 Å². The molecule has 7 nitrogen and oxygen atoms in total. The number of hydrogen-bond acceptors (Lipinski definition) is 5. The number of carbonyl (C=O) groups is 2. The predicted octanol–water partition coefficient (Wildman–Crippen LogP) is 2.87. The summed E-state index contributed by atoms with van der Waals surface area (Å²) in [6.45, 7) is 6.79. The van der Waals surface area contributed by atoms with Gasteiger partial charge >= 0.3 is 0 Å². The number of likely N-dealkylation sites (N-methyl/N-ethyl adjacent to an activating group) is 1. The van der Waals surface area contributed by atoms with Crippen LogP contribution >= 0.6 is 0 Å². The van der Waals surface area contributed by atoms with Gasteiger partial charge in [0.1, 0.15) is 11.9 Å². The number of aryl methyl sites for hydroxylation is 2. The first-order chi connectivity index (χ1) is 14.4. The van der Waals surface area contributed by atoms with Gasteiger partial charge in [-0.1, -0.05) is 25.1 Å². The first kappa shape index (κ1) is 19.9. The second-order valence-corrected chi connectivity index (χ2v) is 7.70. The molecular formula is C23H25N5O2. The Hall–Kier alpha value is -3.35. The molecule has 0 saturated carbocycles. The summed E-state index contributed by atoms with van der Waals surface area (Å²) in [4.78, 5) is 42.9. The number of benzene rings is 1. The van der Waals surface area contributed by atoms with Crippen molar-refractivity contribution >= 4 is 22.7 Å². The summed E-state index contributed by atoms with van der Waals surface area (Å²) in [6, 6.07) is 7.11. The highest BCUT2D eigenvalue weighted by atomic mass is 16.2. The lowest BCUT2D eigenvalue weighted by Gasteiger charge is -2.37. The minimum absolute atomic E-state index is 0.0482. The van der Waals surface area contributed by atoms with Crippen molar-refractivity contribution < 1.29 is 9.59 Å². The molecule has 0 spiro atoms. The van der Waals surface area contributed by atoms with Gasteiger partial charge in [0, 0.05) is 49.9 Å². The summed E-state index contributed by atoms with van der Waals surface area (Å²) in [5, 5.41) is 0.786. The van der Waals surface area contributed by atoms with E-state index in [1.165, 1.54) is 0 Å². The molecule has 30 heavy (non-hydrogen) atoms. The SMILES string of the molecule is CCc1ncc(-c2cc(C(=O)N3CCN(C)C(=O)[C@@H]3C)c3cccc(C)c3n2)cn1. The van der Waals surface area contributed by atoms with E-state index in [0.717, 1.165) is 34.3 Å². The molecule has 0 bridgehead atoms. The van der Waals surface area contributed by atoms with Gasteiger partial charge in [-0.25, -0.2) is 15.0 Å². The average Bonchev–Trinajstić information content (AvgIpc) is 2.77. The van der Waals surface area contributed by atoms with Crippen LogP contribution < -0.4 is 0 Å². The van der Waals surface area contributed by atoms with Gasteiger partial charge in [0.05, 0.1) is 16.8 Å². The quantitative estimate of drug-likeness (QED) is 0.672. The topological polar surface area (TPSA) is 79.3 Å². The molecule has 1 atom stereocenters. The lowest BCUT2D eigenvalue weighted by atomic mass is 10.0. The number of rotatable bonds is 3. The second kappa shape index (κ2) is 7.82. The Kier molecular flexibility index (Phi) is 5.20. The van der Waals surface area contributed by atoms with Crippen molar-refractivity contribution in [2.24, 2.45) is 0 Å². The van der Waals surface area contributed by atoms with Crippen molar-refractivity contribution in [2.45, 2.75) is 33.2 Å². The molecule has 1 aliphatic heterocycles. The van der Waals surface area contributed by atoms with Gasteiger partial charge in [0.2, 0.25) is 5.91 Å². The van der Waals surface area contributed by atoms with Crippen LogP contribution in [0.3, 0.4) is 0 Å². The van der Waals surface area contributed by atoms with Crippen LogP contribution in [-0.4, -0.2) is 62.7 Å². The molecule has 7 heteroatoms. The van der Waals surface area contributed by atoms with E-state index in [1.54, 1.807) is 42.2 Å². The Labute approximate surface area is 175 Å². The van der Waals surface area contributed by atoms with Crippen LogP contribution in [0.2, 0.25) is 0 Å². The Morgan fingerprint density at radius 3 is 2.63 bits per heavy atom. The fraction of sp³-hybridized carbons (Fsp3) is 0.348. The van der Waals surface area contributed by atoms with Crippen LogP contribution in [0.5, 0.6) is 0 Å². The number of carbonyl (C=O) groups excluding carboxylic acids is 2. The first-order valence-corrected chi connectivity index (χ1v) is 10.2. The highest BCUT2D eigenvalue weighted by molar-refractivity contribution is 6.09. The largest absolute Gasteiger partial charge is 0.342 e. The van der Waals surface area contributed by atoms with Gasteiger partial charge in [-0.2, -0.15) is 0 Å². The molecule has 0 aliphatic carbocycles. The first-order valence-electron chi connectivity index (χ1n) is 10.2. The van der Waals surface area contributed by atoms with Crippen LogP contribution in [0.15, 0.2) is 36.7 Å². The lowest BCUT2D eigenvalue weighted by molar-refractivity contribution is -0.137. The highest BCUT2D eigenvalue weighted by Gasteiger charge is 2.33. The van der Waals surface area contributed by atoms with Gasteiger partial charge in [0.25, 0.3) is 5.91 Å². The smallest absolute Gasteiger partial charge is 0.255 e. The molecule has 3 heterocycles. The second-order valence-electron chi connectivity index (χ2n) is 7.70. The molecule has 154 valence electrons. The monoisotopic (exact) mass is 403 g/mol. The number of para-hydroxylation sites is 1. The molecule has 2 aromatic heterocycles.